The maximum Gasteiger partial charge on any atom is 0.265 e. The molecule has 1 unspecified atom stereocenters. The monoisotopic (exact) mass is 302 g/mol. The van der Waals surface area contributed by atoms with Gasteiger partial charge in [-0.2, -0.15) is 0 Å². The van der Waals surface area contributed by atoms with Crippen LogP contribution < -0.4 is 5.56 Å². The summed E-state index contributed by atoms with van der Waals surface area (Å²) in [5, 5.41) is 0. The van der Waals surface area contributed by atoms with E-state index >= 15 is 0 Å². The first-order chi connectivity index (χ1) is 8.07. The van der Waals surface area contributed by atoms with E-state index in [9.17, 15) is 4.79 Å². The highest BCUT2D eigenvalue weighted by Crippen LogP contribution is 2.33. The summed E-state index contributed by atoms with van der Waals surface area (Å²) < 4.78 is 11.1. The smallest absolute Gasteiger partial charge is 0.265 e. The van der Waals surface area contributed by atoms with Crippen LogP contribution in [0.3, 0.4) is 0 Å². The molecule has 0 amide bonds. The Balaban J connectivity index is 2.45. The lowest BCUT2D eigenvalue weighted by atomic mass is 10.0. The van der Waals surface area contributed by atoms with Gasteiger partial charge in [-0.1, -0.05) is 0 Å². The Labute approximate surface area is 108 Å². The van der Waals surface area contributed by atoms with E-state index in [1.54, 1.807) is 7.11 Å². The largest absolute Gasteiger partial charge is 0.378 e. The number of nitrogens with one attached hydrogen (secondary N) is 1. The van der Waals surface area contributed by atoms with Gasteiger partial charge in [0.05, 0.1) is 12.3 Å². The zero-order valence-corrected chi connectivity index (χ0v) is 11.5. The van der Waals surface area contributed by atoms with E-state index in [2.05, 4.69) is 25.9 Å². The van der Waals surface area contributed by atoms with Crippen LogP contribution in [-0.4, -0.2) is 23.7 Å². The number of H-pyrrole nitrogens is 1. The molecule has 6 heteroatoms. The van der Waals surface area contributed by atoms with Crippen LogP contribution in [0.1, 0.15) is 31.3 Å². The number of halogens is 1. The summed E-state index contributed by atoms with van der Waals surface area (Å²) in [7, 11) is 1.57. The van der Waals surface area contributed by atoms with Crippen molar-refractivity contribution in [3.8, 4) is 0 Å². The number of nitrogens with zero attached hydrogens (tertiary/aromatic N) is 1. The van der Waals surface area contributed by atoms with Gasteiger partial charge in [-0.3, -0.25) is 4.79 Å². The summed E-state index contributed by atoms with van der Waals surface area (Å²) in [5.41, 5.74) is -0.0794. The summed E-state index contributed by atoms with van der Waals surface area (Å²) in [6.45, 7) is 2.95. The van der Waals surface area contributed by atoms with Crippen LogP contribution in [0.5, 0.6) is 0 Å². The van der Waals surface area contributed by atoms with Crippen molar-refractivity contribution < 1.29 is 9.47 Å². The lowest BCUT2D eigenvalue weighted by molar-refractivity contribution is 0.00860. The van der Waals surface area contributed by atoms with Gasteiger partial charge >= 0.3 is 0 Å². The molecule has 2 heterocycles. The predicted molar refractivity (Wildman–Crippen MR) is 65.8 cm³/mol. The van der Waals surface area contributed by atoms with E-state index in [4.69, 9.17) is 9.47 Å². The van der Waals surface area contributed by atoms with Gasteiger partial charge in [-0.15, -0.1) is 0 Å². The fourth-order valence-corrected chi connectivity index (χ4v) is 2.26. The standard InChI is InChI=1S/C11H15BrN2O3/c1-11(4-3-5-17-11)10-13-7(6-16-2)8(12)9(15)14-10/h3-6H2,1-2H3,(H,13,14,15). The van der Waals surface area contributed by atoms with Gasteiger partial charge in [0.25, 0.3) is 5.56 Å². The number of aromatic nitrogens is 2. The van der Waals surface area contributed by atoms with Crippen LogP contribution in [0.15, 0.2) is 9.27 Å². The van der Waals surface area contributed by atoms with Crippen molar-refractivity contribution in [2.45, 2.75) is 32.0 Å². The van der Waals surface area contributed by atoms with Crippen molar-refractivity contribution in [3.63, 3.8) is 0 Å². The van der Waals surface area contributed by atoms with Crippen LogP contribution in [0.2, 0.25) is 0 Å². The summed E-state index contributed by atoms with van der Waals surface area (Å²) >= 11 is 3.21. The number of hydrogen-bond acceptors (Lipinski definition) is 4. The topological polar surface area (TPSA) is 64.2 Å². The average molecular weight is 303 g/mol. The minimum absolute atomic E-state index is 0.196. The van der Waals surface area contributed by atoms with Crippen molar-refractivity contribution in [1.29, 1.82) is 0 Å². The Kier molecular flexibility index (Phi) is 3.65. The van der Waals surface area contributed by atoms with Crippen LogP contribution in [0, 0.1) is 0 Å². The summed E-state index contributed by atoms with van der Waals surface area (Å²) in [6, 6.07) is 0. The van der Waals surface area contributed by atoms with Gasteiger partial charge < -0.3 is 14.5 Å². The Morgan fingerprint density at radius 1 is 1.65 bits per heavy atom. The summed E-state index contributed by atoms with van der Waals surface area (Å²) in [4.78, 5) is 19.0. The summed E-state index contributed by atoms with van der Waals surface area (Å²) in [5.74, 6) is 0.579. The molecule has 94 valence electrons. The number of ether oxygens (including phenoxy) is 2. The molecule has 5 nitrogen and oxygen atoms in total. The Hall–Kier alpha value is -0.720. The van der Waals surface area contributed by atoms with Crippen molar-refractivity contribution >= 4 is 15.9 Å². The maximum absolute atomic E-state index is 11.8. The molecule has 0 spiro atoms. The molecular formula is C11H15BrN2O3. The lowest BCUT2D eigenvalue weighted by Crippen LogP contribution is -2.28. The molecule has 0 aliphatic carbocycles. The lowest BCUT2D eigenvalue weighted by Gasteiger charge is -2.22. The summed E-state index contributed by atoms with van der Waals surface area (Å²) in [6.07, 6.45) is 1.85. The van der Waals surface area contributed by atoms with Crippen molar-refractivity contribution in [3.05, 3.63) is 26.3 Å². The molecule has 1 aliphatic heterocycles. The predicted octanol–water partition coefficient (Wildman–Crippen LogP) is 1.70. The normalized spacial score (nSPS) is 24.2. The number of aromatic amines is 1. The van der Waals surface area contributed by atoms with Crippen molar-refractivity contribution in [1.82, 2.24) is 9.97 Å². The zero-order valence-electron chi connectivity index (χ0n) is 9.88. The molecule has 1 aromatic heterocycles. The molecule has 1 aliphatic rings. The van der Waals surface area contributed by atoms with Crippen LogP contribution >= 0.6 is 15.9 Å². The third kappa shape index (κ3) is 2.43. The third-order valence-corrected chi connectivity index (χ3v) is 3.75. The minimum Gasteiger partial charge on any atom is -0.378 e. The van der Waals surface area contributed by atoms with E-state index in [0.717, 1.165) is 12.8 Å². The highest BCUT2D eigenvalue weighted by Gasteiger charge is 2.35. The maximum atomic E-state index is 11.8. The second-order valence-corrected chi connectivity index (χ2v) is 5.08. The molecule has 1 N–H and O–H groups in total. The van der Waals surface area contributed by atoms with Crippen molar-refractivity contribution in [2.24, 2.45) is 0 Å². The minimum atomic E-state index is -0.484. The Morgan fingerprint density at radius 3 is 3.00 bits per heavy atom. The molecular weight excluding hydrogens is 288 g/mol. The first-order valence-corrected chi connectivity index (χ1v) is 6.28. The molecule has 0 saturated carbocycles. The number of rotatable bonds is 3. The second kappa shape index (κ2) is 4.88. The zero-order chi connectivity index (χ0) is 12.5. The van der Waals surface area contributed by atoms with E-state index < -0.39 is 5.60 Å². The van der Waals surface area contributed by atoms with Crippen molar-refractivity contribution in [2.75, 3.05) is 13.7 Å². The van der Waals surface area contributed by atoms with Gasteiger partial charge in [-0.25, -0.2) is 4.98 Å². The van der Waals surface area contributed by atoms with E-state index in [1.165, 1.54) is 0 Å². The molecule has 1 saturated heterocycles. The first kappa shape index (κ1) is 12.7. The van der Waals surface area contributed by atoms with Gasteiger partial charge in [0.1, 0.15) is 15.9 Å². The molecule has 17 heavy (non-hydrogen) atoms. The third-order valence-electron chi connectivity index (χ3n) is 2.93. The highest BCUT2D eigenvalue weighted by molar-refractivity contribution is 9.10. The van der Waals surface area contributed by atoms with Crippen LogP contribution in [0.25, 0.3) is 0 Å². The van der Waals surface area contributed by atoms with E-state index in [-0.39, 0.29) is 5.56 Å². The molecule has 1 atom stereocenters. The molecule has 0 radical (unpaired) electrons. The van der Waals surface area contributed by atoms with Crippen LogP contribution in [-0.2, 0) is 21.7 Å². The SMILES string of the molecule is COCc1nc(C2(C)CCCO2)[nH]c(=O)c1Br. The van der Waals surface area contributed by atoms with E-state index in [1.807, 2.05) is 6.92 Å². The van der Waals surface area contributed by atoms with Gasteiger partial charge in [0, 0.05) is 13.7 Å². The Bertz CT molecular complexity index is 466. The Morgan fingerprint density at radius 2 is 2.41 bits per heavy atom. The van der Waals surface area contributed by atoms with Gasteiger partial charge in [0.15, 0.2) is 0 Å². The molecule has 1 fully saturated rings. The van der Waals surface area contributed by atoms with Gasteiger partial charge in [0.2, 0.25) is 0 Å². The molecule has 2 rings (SSSR count). The molecule has 1 aromatic rings. The second-order valence-electron chi connectivity index (χ2n) is 4.29. The van der Waals surface area contributed by atoms with Gasteiger partial charge in [-0.05, 0) is 35.7 Å². The molecule has 0 bridgehead atoms. The number of methoxy groups -OCH3 is 1. The average Bonchev–Trinajstić information content (AvgIpc) is 2.73. The number of hydrogen-bond donors (Lipinski definition) is 1. The van der Waals surface area contributed by atoms with Crippen LogP contribution in [0.4, 0.5) is 0 Å². The first-order valence-electron chi connectivity index (χ1n) is 5.49. The quantitative estimate of drug-likeness (QED) is 0.923. The van der Waals surface area contributed by atoms with E-state index in [0.29, 0.717) is 29.2 Å². The molecule has 0 aromatic carbocycles. The fraction of sp³-hybridized carbons (Fsp3) is 0.636. The fourth-order valence-electron chi connectivity index (χ4n) is 1.95. The highest BCUT2D eigenvalue weighted by atomic mass is 79.9.